The number of nitrogens with zero attached hydrogens (tertiary/aromatic N) is 6. The first-order chi connectivity index (χ1) is 32.1. The van der Waals surface area contributed by atoms with Gasteiger partial charge in [-0.15, -0.1) is 0 Å². The van der Waals surface area contributed by atoms with Crippen molar-refractivity contribution in [1.29, 1.82) is 0 Å². The Bertz CT molecular complexity index is 2800. The van der Waals surface area contributed by atoms with E-state index in [0.717, 1.165) is 47.9 Å². The molecule has 0 radical (unpaired) electrons. The molecule has 0 atom stereocenters. The topological polar surface area (TPSA) is 250 Å². The zero-order valence-corrected chi connectivity index (χ0v) is 36.6. The lowest BCUT2D eigenvalue weighted by molar-refractivity contribution is 0.0464. The number of imidazole rings is 2. The number of ether oxygens (including phenoxy) is 4. The van der Waals surface area contributed by atoms with Crippen molar-refractivity contribution in [1.82, 2.24) is 39.0 Å². The second-order valence-electron chi connectivity index (χ2n) is 15.1. The fourth-order valence-electron chi connectivity index (χ4n) is 6.57. The Labute approximate surface area is 378 Å². The minimum atomic E-state index is -0.413. The zero-order valence-electron chi connectivity index (χ0n) is 36.6. The van der Waals surface area contributed by atoms with Gasteiger partial charge in [-0.05, 0) is 59.4 Å². The molecule has 18 heteroatoms. The quantitative estimate of drug-likeness (QED) is 0.0525. The third-order valence-electron chi connectivity index (χ3n) is 10.2. The van der Waals surface area contributed by atoms with Crippen molar-refractivity contribution in [3.63, 3.8) is 0 Å². The van der Waals surface area contributed by atoms with Crippen LogP contribution in [-0.2, 0) is 35.8 Å². The van der Waals surface area contributed by atoms with Crippen LogP contribution in [0.5, 0.6) is 12.0 Å². The number of nitrogens with two attached hydrogens (primary N) is 2. The third kappa shape index (κ3) is 11.6. The molecule has 0 fully saturated rings. The van der Waals surface area contributed by atoms with Gasteiger partial charge in [-0.2, -0.15) is 19.9 Å². The molecule has 0 bridgehead atoms. The first-order valence-corrected chi connectivity index (χ1v) is 21.5. The number of carbonyl (C=O) groups is 2. The van der Waals surface area contributed by atoms with E-state index in [1.54, 1.807) is 48.5 Å². The minimum Gasteiger partial charge on any atom is -0.463 e. The summed E-state index contributed by atoms with van der Waals surface area (Å²) in [5.41, 5.74) is 17.0. The molecular formula is C48H50N10O8. The van der Waals surface area contributed by atoms with Crippen LogP contribution in [0, 0.1) is 0 Å². The predicted molar refractivity (Wildman–Crippen MR) is 248 cm³/mol. The Balaban J connectivity index is 0.000000196. The molecule has 0 saturated carbocycles. The van der Waals surface area contributed by atoms with Crippen molar-refractivity contribution < 1.29 is 28.5 Å². The standard InChI is InChI=1S/2C24H25N5O4/c2*1-2-3-13-32-23-27-20(25)19-21(28-23)29(24(31)26-19)14-16-9-11-18(12-10-16)22(30)33-15-17-7-5-4-6-8-17/h2*4-12H,2-3,13-15H2,1H3,(H,26,31)(H2,25,27,28). The predicted octanol–water partition coefficient (Wildman–Crippen LogP) is 6.57. The van der Waals surface area contributed by atoms with Gasteiger partial charge in [0.15, 0.2) is 22.9 Å². The van der Waals surface area contributed by atoms with E-state index in [9.17, 15) is 19.2 Å². The molecule has 0 aliphatic heterocycles. The lowest BCUT2D eigenvalue weighted by Gasteiger charge is -2.08. The maximum absolute atomic E-state index is 12.5. The summed E-state index contributed by atoms with van der Waals surface area (Å²) in [6.45, 7) is 5.94. The van der Waals surface area contributed by atoms with Gasteiger partial charge in [0.2, 0.25) is 0 Å². The van der Waals surface area contributed by atoms with Crippen LogP contribution in [0.3, 0.4) is 0 Å². The summed E-state index contributed by atoms with van der Waals surface area (Å²) in [6, 6.07) is 33.0. The summed E-state index contributed by atoms with van der Waals surface area (Å²) in [6.07, 6.45) is 3.67. The summed E-state index contributed by atoms with van der Waals surface area (Å²) in [5, 5.41) is 0. The smallest absolute Gasteiger partial charge is 0.338 e. The summed E-state index contributed by atoms with van der Waals surface area (Å²) < 4.78 is 24.8. The number of hydrogen-bond acceptors (Lipinski definition) is 14. The Hall–Kier alpha value is -8.28. The van der Waals surface area contributed by atoms with E-state index < -0.39 is 11.9 Å². The van der Waals surface area contributed by atoms with Crippen molar-refractivity contribution in [3.8, 4) is 12.0 Å². The molecule has 4 aromatic heterocycles. The van der Waals surface area contributed by atoms with Gasteiger partial charge < -0.3 is 40.4 Å². The molecule has 4 heterocycles. The molecule has 66 heavy (non-hydrogen) atoms. The van der Waals surface area contributed by atoms with Gasteiger partial charge in [0.1, 0.15) is 24.2 Å². The highest BCUT2D eigenvalue weighted by Crippen LogP contribution is 2.21. The molecule has 4 aromatic carbocycles. The van der Waals surface area contributed by atoms with Gasteiger partial charge in [-0.25, -0.2) is 19.2 Å². The molecule has 18 nitrogen and oxygen atoms in total. The number of esters is 2. The minimum absolute atomic E-state index is 0.137. The number of unbranched alkanes of at least 4 members (excludes halogenated alkanes) is 2. The summed E-state index contributed by atoms with van der Waals surface area (Å²) >= 11 is 0. The van der Waals surface area contributed by atoms with Crippen LogP contribution >= 0.6 is 0 Å². The first kappa shape index (κ1) is 45.7. The van der Waals surface area contributed by atoms with Crippen LogP contribution in [-0.4, -0.2) is 64.2 Å². The van der Waals surface area contributed by atoms with Crippen molar-refractivity contribution >= 4 is 45.9 Å². The van der Waals surface area contributed by atoms with Crippen molar-refractivity contribution in [2.45, 2.75) is 65.8 Å². The average Bonchev–Trinajstić information content (AvgIpc) is 3.83. The number of anilines is 2. The van der Waals surface area contributed by atoms with Gasteiger partial charge in [0.05, 0.1) is 37.4 Å². The molecule has 0 unspecified atom stereocenters. The Morgan fingerprint density at radius 3 is 1.27 bits per heavy atom. The Morgan fingerprint density at radius 1 is 0.530 bits per heavy atom. The summed E-state index contributed by atoms with van der Waals surface area (Å²) in [4.78, 5) is 72.1. The van der Waals surface area contributed by atoms with E-state index in [1.165, 1.54) is 9.13 Å². The molecule has 0 aliphatic rings. The second-order valence-corrected chi connectivity index (χ2v) is 15.1. The number of aromatic amines is 2. The number of benzene rings is 4. The third-order valence-corrected chi connectivity index (χ3v) is 10.2. The summed E-state index contributed by atoms with van der Waals surface area (Å²) in [5.74, 6) is -0.522. The first-order valence-electron chi connectivity index (χ1n) is 21.5. The number of H-pyrrole nitrogens is 2. The molecule has 8 aromatic rings. The van der Waals surface area contributed by atoms with E-state index in [1.807, 2.05) is 60.7 Å². The lowest BCUT2D eigenvalue weighted by Crippen LogP contribution is -2.18. The van der Waals surface area contributed by atoms with Crippen LogP contribution in [0.15, 0.2) is 119 Å². The number of rotatable bonds is 18. The Kier molecular flexibility index (Phi) is 15.2. The maximum Gasteiger partial charge on any atom is 0.338 e. The van der Waals surface area contributed by atoms with E-state index in [2.05, 4.69) is 43.8 Å². The average molecular weight is 895 g/mol. The molecule has 0 spiro atoms. The molecule has 8 rings (SSSR count). The highest BCUT2D eigenvalue weighted by atomic mass is 16.5. The Morgan fingerprint density at radius 2 is 0.909 bits per heavy atom. The molecule has 0 aliphatic carbocycles. The number of nitrogen functional groups attached to an aromatic ring is 2. The fourth-order valence-corrected chi connectivity index (χ4v) is 6.57. The number of aromatic nitrogens is 8. The molecule has 340 valence electrons. The SMILES string of the molecule is CCCCOc1nc(N)c2[nH]c(=O)n(Cc3ccc(C(=O)OCc4ccccc4)cc3)c2n1.CCCCOc1nc(N)c2[nH]c(=O)n(Cc3ccc(C(=O)OCc4ccccc4)cc3)c2n1. The van der Waals surface area contributed by atoms with E-state index in [4.69, 9.17) is 30.4 Å². The lowest BCUT2D eigenvalue weighted by atomic mass is 10.1. The monoisotopic (exact) mass is 894 g/mol. The highest BCUT2D eigenvalue weighted by Gasteiger charge is 2.18. The number of nitrogens with one attached hydrogen (secondary N) is 2. The zero-order chi connectivity index (χ0) is 46.4. The maximum atomic E-state index is 12.5. The van der Waals surface area contributed by atoms with Crippen LogP contribution in [0.25, 0.3) is 22.3 Å². The summed E-state index contributed by atoms with van der Waals surface area (Å²) in [7, 11) is 0. The van der Waals surface area contributed by atoms with Gasteiger partial charge in [-0.3, -0.25) is 9.13 Å². The van der Waals surface area contributed by atoms with Crippen molar-refractivity contribution in [2.24, 2.45) is 0 Å². The van der Waals surface area contributed by atoms with Crippen molar-refractivity contribution in [2.75, 3.05) is 24.7 Å². The van der Waals surface area contributed by atoms with Crippen LogP contribution < -0.4 is 32.3 Å². The van der Waals surface area contributed by atoms with Crippen LogP contribution in [0.2, 0.25) is 0 Å². The van der Waals surface area contributed by atoms with Crippen LogP contribution in [0.4, 0.5) is 11.6 Å². The van der Waals surface area contributed by atoms with Gasteiger partial charge in [0.25, 0.3) is 0 Å². The van der Waals surface area contributed by atoms with Gasteiger partial charge >= 0.3 is 35.3 Å². The second kappa shape index (κ2) is 21.9. The van der Waals surface area contributed by atoms with Crippen molar-refractivity contribution in [3.05, 3.63) is 164 Å². The number of carbonyl (C=O) groups excluding carboxylic acids is 2. The number of hydrogen-bond donors (Lipinski definition) is 4. The molecule has 0 amide bonds. The van der Waals surface area contributed by atoms with Crippen LogP contribution in [0.1, 0.15) is 82.5 Å². The molecule has 0 saturated heterocycles. The molecular weight excluding hydrogens is 845 g/mol. The largest absolute Gasteiger partial charge is 0.463 e. The van der Waals surface area contributed by atoms with E-state index in [0.29, 0.717) is 46.7 Å². The highest BCUT2D eigenvalue weighted by molar-refractivity contribution is 5.90. The van der Waals surface area contributed by atoms with Gasteiger partial charge in [0, 0.05) is 0 Å². The normalized spacial score (nSPS) is 10.9. The molecule has 6 N–H and O–H groups in total. The number of fused-ring (bicyclic) bond motifs is 2. The van der Waals surface area contributed by atoms with E-state index >= 15 is 0 Å². The van der Waals surface area contributed by atoms with Gasteiger partial charge in [-0.1, -0.05) is 112 Å². The fraction of sp³-hybridized carbons (Fsp3) is 0.250. The van der Waals surface area contributed by atoms with E-state index in [-0.39, 0.29) is 61.3 Å².